The van der Waals surface area contributed by atoms with Crippen molar-refractivity contribution < 1.29 is 14.6 Å². The van der Waals surface area contributed by atoms with Gasteiger partial charge >= 0.3 is 5.97 Å². The van der Waals surface area contributed by atoms with E-state index in [0.29, 0.717) is 12.8 Å². The standard InChI is InChI=1S/C7H15NO3/c1-5(11-6(2)9)3-4-7(8)10/h5,7,10H,3-4,8H2,1-2H3/t5-,7?/m0/s1. The zero-order valence-electron chi connectivity index (χ0n) is 6.91. The summed E-state index contributed by atoms with van der Waals surface area (Å²) in [5.41, 5.74) is 5.09. The van der Waals surface area contributed by atoms with E-state index >= 15 is 0 Å². The van der Waals surface area contributed by atoms with E-state index < -0.39 is 6.23 Å². The van der Waals surface area contributed by atoms with Crippen LogP contribution in [0.5, 0.6) is 0 Å². The molecule has 0 rings (SSSR count). The number of aliphatic hydroxyl groups is 1. The predicted molar refractivity (Wildman–Crippen MR) is 40.7 cm³/mol. The normalized spacial score (nSPS) is 15.6. The van der Waals surface area contributed by atoms with Crippen LogP contribution >= 0.6 is 0 Å². The maximum Gasteiger partial charge on any atom is 0.302 e. The highest BCUT2D eigenvalue weighted by atomic mass is 16.5. The molecule has 4 nitrogen and oxygen atoms in total. The zero-order valence-corrected chi connectivity index (χ0v) is 6.91. The summed E-state index contributed by atoms with van der Waals surface area (Å²) in [6.07, 6.45) is 0.0739. The molecule has 0 saturated carbocycles. The van der Waals surface area contributed by atoms with Gasteiger partial charge in [0, 0.05) is 6.92 Å². The Balaban J connectivity index is 3.37. The van der Waals surface area contributed by atoms with E-state index in [4.69, 9.17) is 15.6 Å². The predicted octanol–water partition coefficient (Wildman–Crippen LogP) is -0.00470. The van der Waals surface area contributed by atoms with Crippen molar-refractivity contribution in [2.75, 3.05) is 0 Å². The zero-order chi connectivity index (χ0) is 8.85. The number of esters is 1. The monoisotopic (exact) mass is 161 g/mol. The second-order valence-electron chi connectivity index (χ2n) is 2.56. The van der Waals surface area contributed by atoms with E-state index in [1.165, 1.54) is 6.92 Å². The molecule has 0 saturated heterocycles. The number of nitrogens with two attached hydrogens (primary N) is 1. The molecule has 2 atom stereocenters. The first-order chi connectivity index (χ1) is 5.02. The smallest absolute Gasteiger partial charge is 0.302 e. The van der Waals surface area contributed by atoms with Crippen molar-refractivity contribution in [2.45, 2.75) is 39.0 Å². The second kappa shape index (κ2) is 5.09. The average Bonchev–Trinajstić information content (AvgIpc) is 1.82. The van der Waals surface area contributed by atoms with Crippen LogP contribution in [-0.2, 0) is 9.53 Å². The Morgan fingerprint density at radius 3 is 2.55 bits per heavy atom. The molecule has 0 heterocycles. The highest BCUT2D eigenvalue weighted by Gasteiger charge is 2.06. The van der Waals surface area contributed by atoms with Gasteiger partial charge in [0.1, 0.15) is 6.23 Å². The largest absolute Gasteiger partial charge is 0.463 e. The molecule has 1 unspecified atom stereocenters. The Kier molecular flexibility index (Phi) is 4.81. The Morgan fingerprint density at radius 1 is 1.64 bits per heavy atom. The number of rotatable bonds is 4. The fourth-order valence-corrected chi connectivity index (χ4v) is 0.748. The van der Waals surface area contributed by atoms with Gasteiger partial charge in [0.2, 0.25) is 0 Å². The molecular formula is C7H15NO3. The van der Waals surface area contributed by atoms with E-state index in [1.807, 2.05) is 0 Å². The van der Waals surface area contributed by atoms with Crippen LogP contribution < -0.4 is 5.73 Å². The topological polar surface area (TPSA) is 72.5 Å². The van der Waals surface area contributed by atoms with Crippen LogP contribution in [0.1, 0.15) is 26.7 Å². The third-order valence-corrected chi connectivity index (χ3v) is 1.24. The molecule has 0 aromatic heterocycles. The molecule has 0 bridgehead atoms. The molecule has 0 amide bonds. The van der Waals surface area contributed by atoms with E-state index in [0.717, 1.165) is 0 Å². The van der Waals surface area contributed by atoms with Gasteiger partial charge in [-0.25, -0.2) is 0 Å². The van der Waals surface area contributed by atoms with Crippen LogP contribution in [0.4, 0.5) is 0 Å². The van der Waals surface area contributed by atoms with Crippen LogP contribution in [0, 0.1) is 0 Å². The molecule has 4 heteroatoms. The van der Waals surface area contributed by atoms with Gasteiger partial charge in [-0.1, -0.05) is 0 Å². The maximum absolute atomic E-state index is 10.4. The summed E-state index contributed by atoms with van der Waals surface area (Å²) in [6, 6.07) is 0. The minimum atomic E-state index is -0.812. The number of ether oxygens (including phenoxy) is 1. The first kappa shape index (κ1) is 10.4. The number of carbonyl (C=O) groups excluding carboxylic acids is 1. The van der Waals surface area contributed by atoms with Crippen LogP contribution in [0.25, 0.3) is 0 Å². The minimum Gasteiger partial charge on any atom is -0.463 e. The molecule has 0 aliphatic heterocycles. The maximum atomic E-state index is 10.4. The fraction of sp³-hybridized carbons (Fsp3) is 0.857. The Morgan fingerprint density at radius 2 is 2.18 bits per heavy atom. The molecule has 66 valence electrons. The number of carbonyl (C=O) groups is 1. The van der Waals surface area contributed by atoms with Crippen LogP contribution in [0.2, 0.25) is 0 Å². The van der Waals surface area contributed by atoms with Crippen molar-refractivity contribution in [3.63, 3.8) is 0 Å². The average molecular weight is 161 g/mol. The molecule has 0 aromatic carbocycles. The molecule has 3 N–H and O–H groups in total. The third kappa shape index (κ3) is 7.29. The van der Waals surface area contributed by atoms with Gasteiger partial charge in [-0.2, -0.15) is 0 Å². The third-order valence-electron chi connectivity index (χ3n) is 1.24. The summed E-state index contributed by atoms with van der Waals surface area (Å²) in [7, 11) is 0. The molecule has 0 radical (unpaired) electrons. The fourth-order valence-electron chi connectivity index (χ4n) is 0.748. The molecule has 0 aliphatic rings. The Bertz CT molecular complexity index is 125. The first-order valence-corrected chi connectivity index (χ1v) is 3.63. The summed E-state index contributed by atoms with van der Waals surface area (Å²) in [5, 5.41) is 8.67. The number of hydrogen-bond acceptors (Lipinski definition) is 4. The van der Waals surface area contributed by atoms with E-state index in [1.54, 1.807) is 6.92 Å². The van der Waals surface area contributed by atoms with Crippen molar-refractivity contribution in [1.29, 1.82) is 0 Å². The Labute approximate surface area is 66.3 Å². The Hall–Kier alpha value is -0.610. The van der Waals surface area contributed by atoms with E-state index in [-0.39, 0.29) is 12.1 Å². The lowest BCUT2D eigenvalue weighted by atomic mass is 10.2. The summed E-state index contributed by atoms with van der Waals surface area (Å²) < 4.78 is 4.80. The van der Waals surface area contributed by atoms with Crippen molar-refractivity contribution >= 4 is 5.97 Å². The summed E-state index contributed by atoms with van der Waals surface area (Å²) >= 11 is 0. The van der Waals surface area contributed by atoms with Crippen molar-refractivity contribution in [2.24, 2.45) is 5.73 Å². The summed E-state index contributed by atoms with van der Waals surface area (Å²) in [4.78, 5) is 10.4. The highest BCUT2D eigenvalue weighted by Crippen LogP contribution is 2.02. The lowest BCUT2D eigenvalue weighted by Gasteiger charge is -2.11. The van der Waals surface area contributed by atoms with Gasteiger partial charge in [0.15, 0.2) is 0 Å². The minimum absolute atomic E-state index is 0.161. The first-order valence-electron chi connectivity index (χ1n) is 3.63. The molecule has 0 aliphatic carbocycles. The quantitative estimate of drug-likeness (QED) is 0.449. The second-order valence-corrected chi connectivity index (χ2v) is 2.56. The van der Waals surface area contributed by atoms with E-state index in [2.05, 4.69) is 0 Å². The van der Waals surface area contributed by atoms with Gasteiger partial charge in [0.05, 0.1) is 6.10 Å². The molecule has 0 spiro atoms. The van der Waals surface area contributed by atoms with Crippen molar-refractivity contribution in [3.05, 3.63) is 0 Å². The molecule has 0 aromatic rings. The van der Waals surface area contributed by atoms with Gasteiger partial charge in [-0.05, 0) is 19.8 Å². The van der Waals surface area contributed by atoms with Crippen molar-refractivity contribution in [3.8, 4) is 0 Å². The van der Waals surface area contributed by atoms with Gasteiger partial charge < -0.3 is 15.6 Å². The molecule has 0 fully saturated rings. The summed E-state index contributed by atoms with van der Waals surface area (Å²) in [6.45, 7) is 3.12. The molecule has 11 heavy (non-hydrogen) atoms. The van der Waals surface area contributed by atoms with Crippen LogP contribution in [-0.4, -0.2) is 23.4 Å². The lowest BCUT2D eigenvalue weighted by molar-refractivity contribution is -0.146. The van der Waals surface area contributed by atoms with E-state index in [9.17, 15) is 4.79 Å². The van der Waals surface area contributed by atoms with Gasteiger partial charge in [-0.3, -0.25) is 4.79 Å². The van der Waals surface area contributed by atoms with Gasteiger partial charge in [-0.15, -0.1) is 0 Å². The van der Waals surface area contributed by atoms with Crippen molar-refractivity contribution in [1.82, 2.24) is 0 Å². The number of aliphatic hydroxyl groups excluding tert-OH is 1. The highest BCUT2D eigenvalue weighted by molar-refractivity contribution is 5.66. The lowest BCUT2D eigenvalue weighted by Crippen LogP contribution is -2.22. The van der Waals surface area contributed by atoms with Gasteiger partial charge in [0.25, 0.3) is 0 Å². The SMILES string of the molecule is CC(=O)O[C@@H](C)CCC(N)O. The summed E-state index contributed by atoms with van der Waals surface area (Å²) in [5.74, 6) is -0.302. The van der Waals surface area contributed by atoms with Crippen LogP contribution in [0.3, 0.4) is 0 Å². The van der Waals surface area contributed by atoms with Crippen LogP contribution in [0.15, 0.2) is 0 Å². The number of hydrogen-bond donors (Lipinski definition) is 2. The molecular weight excluding hydrogens is 146 g/mol.